The summed E-state index contributed by atoms with van der Waals surface area (Å²) in [6.45, 7) is 22.5. The highest BCUT2D eigenvalue weighted by molar-refractivity contribution is 4.98. The van der Waals surface area contributed by atoms with Crippen LogP contribution in [0.4, 0.5) is 0 Å². The maximum Gasteiger partial charge on any atom is 0.0304 e. The average Bonchev–Trinajstić information content (AvgIpc) is 2.37. The third-order valence-corrected chi connectivity index (χ3v) is 5.77. The molecule has 1 aliphatic heterocycles. The van der Waals surface area contributed by atoms with Crippen LogP contribution in [-0.4, -0.2) is 36.1 Å². The Balaban J connectivity index is 2.84. The fraction of sp³-hybridized carbons (Fsp3) is 1.00. The second-order valence-electron chi connectivity index (χ2n) is 8.38. The minimum absolute atomic E-state index is 0.336. The van der Waals surface area contributed by atoms with Gasteiger partial charge >= 0.3 is 0 Å². The van der Waals surface area contributed by atoms with Gasteiger partial charge in [0.2, 0.25) is 0 Å². The molecular weight excluding hydrogens is 244 g/mol. The van der Waals surface area contributed by atoms with E-state index in [-0.39, 0.29) is 0 Å². The van der Waals surface area contributed by atoms with Gasteiger partial charge in [-0.05, 0) is 30.1 Å². The van der Waals surface area contributed by atoms with Crippen molar-refractivity contribution in [1.82, 2.24) is 10.2 Å². The third-order valence-electron chi connectivity index (χ3n) is 5.77. The Morgan fingerprint density at radius 3 is 2.10 bits per heavy atom. The predicted molar refractivity (Wildman–Crippen MR) is 90.1 cm³/mol. The summed E-state index contributed by atoms with van der Waals surface area (Å²) in [6.07, 6.45) is 2.46. The molecule has 0 aromatic carbocycles. The number of hydrogen-bond acceptors (Lipinski definition) is 2. The SMILES string of the molecule is CCC1(CC)CN(CC(C)C(C)(C)C)C(C(C)C)CN1. The van der Waals surface area contributed by atoms with E-state index in [9.17, 15) is 0 Å². The molecule has 0 radical (unpaired) electrons. The van der Waals surface area contributed by atoms with E-state index < -0.39 is 0 Å². The maximum atomic E-state index is 3.86. The second kappa shape index (κ2) is 6.79. The van der Waals surface area contributed by atoms with Crippen LogP contribution >= 0.6 is 0 Å². The molecule has 0 bridgehead atoms. The first-order chi connectivity index (χ1) is 9.15. The third kappa shape index (κ3) is 4.21. The number of piperazine rings is 1. The molecular formula is C18H38N2. The van der Waals surface area contributed by atoms with Crippen LogP contribution in [0.3, 0.4) is 0 Å². The topological polar surface area (TPSA) is 15.3 Å². The Morgan fingerprint density at radius 1 is 1.15 bits per heavy atom. The van der Waals surface area contributed by atoms with E-state index in [0.29, 0.717) is 17.0 Å². The van der Waals surface area contributed by atoms with Crippen LogP contribution < -0.4 is 5.32 Å². The summed E-state index contributed by atoms with van der Waals surface area (Å²) in [7, 11) is 0. The standard InChI is InChI=1S/C18H38N2/c1-9-18(10-2)13-20(12-15(5)17(6,7)8)16(11-19-18)14(3)4/h14-16,19H,9-13H2,1-8H3. The van der Waals surface area contributed by atoms with Crippen LogP contribution in [-0.2, 0) is 0 Å². The predicted octanol–water partition coefficient (Wildman–Crippen LogP) is 4.16. The van der Waals surface area contributed by atoms with Crippen molar-refractivity contribution in [3.63, 3.8) is 0 Å². The van der Waals surface area contributed by atoms with Crippen molar-refractivity contribution in [2.75, 3.05) is 19.6 Å². The Kier molecular flexibility index (Phi) is 6.10. The van der Waals surface area contributed by atoms with E-state index in [1.807, 2.05) is 0 Å². The van der Waals surface area contributed by atoms with Gasteiger partial charge in [-0.15, -0.1) is 0 Å². The summed E-state index contributed by atoms with van der Waals surface area (Å²) in [4.78, 5) is 2.78. The summed E-state index contributed by atoms with van der Waals surface area (Å²) < 4.78 is 0. The Bertz CT molecular complexity index is 286. The molecule has 2 unspecified atom stereocenters. The van der Waals surface area contributed by atoms with Crippen molar-refractivity contribution in [2.24, 2.45) is 17.3 Å². The van der Waals surface area contributed by atoms with Crippen molar-refractivity contribution in [1.29, 1.82) is 0 Å². The molecule has 1 N–H and O–H groups in total. The van der Waals surface area contributed by atoms with Gasteiger partial charge in [0.15, 0.2) is 0 Å². The first-order valence-corrected chi connectivity index (χ1v) is 8.64. The minimum Gasteiger partial charge on any atom is -0.308 e. The summed E-state index contributed by atoms with van der Waals surface area (Å²) in [6, 6.07) is 0.686. The molecule has 1 aliphatic rings. The zero-order valence-electron chi connectivity index (χ0n) is 15.2. The lowest BCUT2D eigenvalue weighted by molar-refractivity contribution is 0.0254. The van der Waals surface area contributed by atoms with Gasteiger partial charge in [0, 0.05) is 31.2 Å². The van der Waals surface area contributed by atoms with Gasteiger partial charge in [0.25, 0.3) is 0 Å². The van der Waals surface area contributed by atoms with E-state index in [4.69, 9.17) is 0 Å². The molecule has 2 heteroatoms. The molecule has 0 aromatic rings. The molecule has 0 saturated carbocycles. The summed E-state index contributed by atoms with van der Waals surface area (Å²) in [5, 5.41) is 3.86. The zero-order chi connectivity index (χ0) is 15.6. The second-order valence-corrected chi connectivity index (χ2v) is 8.38. The van der Waals surface area contributed by atoms with E-state index >= 15 is 0 Å². The maximum absolute atomic E-state index is 3.86. The van der Waals surface area contributed by atoms with Crippen molar-refractivity contribution < 1.29 is 0 Å². The summed E-state index contributed by atoms with van der Waals surface area (Å²) in [5.41, 5.74) is 0.733. The monoisotopic (exact) mass is 282 g/mol. The Labute approximate surface area is 127 Å². The molecule has 0 spiro atoms. The highest BCUT2D eigenvalue weighted by atomic mass is 15.3. The lowest BCUT2D eigenvalue weighted by atomic mass is 9.80. The van der Waals surface area contributed by atoms with Crippen LogP contribution in [0.25, 0.3) is 0 Å². The van der Waals surface area contributed by atoms with Crippen LogP contribution in [0.2, 0.25) is 0 Å². The Morgan fingerprint density at radius 2 is 1.70 bits per heavy atom. The average molecular weight is 283 g/mol. The molecule has 120 valence electrons. The van der Waals surface area contributed by atoms with E-state index in [1.165, 1.54) is 25.9 Å². The van der Waals surface area contributed by atoms with Crippen LogP contribution in [0.15, 0.2) is 0 Å². The first kappa shape index (κ1) is 18.0. The Hall–Kier alpha value is -0.0800. The number of hydrogen-bond donors (Lipinski definition) is 1. The lowest BCUT2D eigenvalue weighted by Crippen LogP contribution is -2.65. The highest BCUT2D eigenvalue weighted by Crippen LogP contribution is 2.31. The molecule has 1 fully saturated rings. The largest absolute Gasteiger partial charge is 0.308 e. The van der Waals surface area contributed by atoms with Gasteiger partial charge in [-0.25, -0.2) is 0 Å². The molecule has 2 atom stereocenters. The van der Waals surface area contributed by atoms with Crippen molar-refractivity contribution in [3.8, 4) is 0 Å². The molecule has 20 heavy (non-hydrogen) atoms. The van der Waals surface area contributed by atoms with Crippen LogP contribution in [0, 0.1) is 17.3 Å². The van der Waals surface area contributed by atoms with E-state index in [0.717, 1.165) is 18.4 Å². The fourth-order valence-electron chi connectivity index (χ4n) is 3.22. The van der Waals surface area contributed by atoms with Gasteiger partial charge in [0.1, 0.15) is 0 Å². The van der Waals surface area contributed by atoms with Gasteiger partial charge in [-0.3, -0.25) is 4.90 Å². The first-order valence-electron chi connectivity index (χ1n) is 8.64. The highest BCUT2D eigenvalue weighted by Gasteiger charge is 2.38. The van der Waals surface area contributed by atoms with E-state index in [1.54, 1.807) is 0 Å². The van der Waals surface area contributed by atoms with Crippen LogP contribution in [0.5, 0.6) is 0 Å². The lowest BCUT2D eigenvalue weighted by Gasteiger charge is -2.50. The molecule has 2 nitrogen and oxygen atoms in total. The van der Waals surface area contributed by atoms with Crippen molar-refractivity contribution >= 4 is 0 Å². The molecule has 1 saturated heterocycles. The minimum atomic E-state index is 0.336. The molecule has 1 rings (SSSR count). The van der Waals surface area contributed by atoms with Gasteiger partial charge < -0.3 is 5.32 Å². The number of rotatable bonds is 5. The fourth-order valence-corrected chi connectivity index (χ4v) is 3.22. The summed E-state index contributed by atoms with van der Waals surface area (Å²) in [5.74, 6) is 1.45. The zero-order valence-corrected chi connectivity index (χ0v) is 15.2. The quantitative estimate of drug-likeness (QED) is 0.814. The molecule has 0 amide bonds. The van der Waals surface area contributed by atoms with Gasteiger partial charge in [-0.1, -0.05) is 55.4 Å². The summed E-state index contributed by atoms with van der Waals surface area (Å²) >= 11 is 0. The molecule has 1 heterocycles. The molecule has 0 aliphatic carbocycles. The number of nitrogens with one attached hydrogen (secondary N) is 1. The smallest absolute Gasteiger partial charge is 0.0304 e. The number of nitrogens with zero attached hydrogens (tertiary/aromatic N) is 1. The van der Waals surface area contributed by atoms with Crippen molar-refractivity contribution in [3.05, 3.63) is 0 Å². The van der Waals surface area contributed by atoms with Gasteiger partial charge in [-0.2, -0.15) is 0 Å². The van der Waals surface area contributed by atoms with Gasteiger partial charge in [0.05, 0.1) is 0 Å². The normalized spacial score (nSPS) is 25.9. The van der Waals surface area contributed by atoms with Crippen molar-refractivity contribution in [2.45, 2.75) is 79.8 Å². The van der Waals surface area contributed by atoms with E-state index in [2.05, 4.69) is 65.6 Å². The van der Waals surface area contributed by atoms with Crippen LogP contribution in [0.1, 0.15) is 68.2 Å². The molecule has 0 aromatic heterocycles.